The summed E-state index contributed by atoms with van der Waals surface area (Å²) in [6.45, 7) is 2.77. The van der Waals surface area contributed by atoms with E-state index in [1.54, 1.807) is 12.0 Å². The van der Waals surface area contributed by atoms with Gasteiger partial charge < -0.3 is 18.8 Å². The first-order valence-corrected chi connectivity index (χ1v) is 8.00. The van der Waals surface area contributed by atoms with Crippen molar-refractivity contribution in [2.24, 2.45) is 0 Å². The van der Waals surface area contributed by atoms with Crippen molar-refractivity contribution >= 4 is 11.9 Å². The van der Waals surface area contributed by atoms with Crippen molar-refractivity contribution in [3.8, 4) is 5.75 Å². The second-order valence-corrected chi connectivity index (χ2v) is 5.46. The largest absolute Gasteiger partial charge is 0.497 e. The van der Waals surface area contributed by atoms with E-state index in [4.69, 9.17) is 9.15 Å². The fraction of sp³-hybridized carbons (Fsp3) is 0.389. The fourth-order valence-electron chi connectivity index (χ4n) is 2.34. The van der Waals surface area contributed by atoms with Gasteiger partial charge in [-0.15, -0.1) is 0 Å². The first kappa shape index (κ1) is 18.5. The van der Waals surface area contributed by atoms with Gasteiger partial charge in [-0.05, 0) is 24.1 Å². The van der Waals surface area contributed by atoms with Crippen molar-refractivity contribution in [2.75, 3.05) is 20.8 Å². The SMILES string of the molecule is CCCN(Cc1nc(C(=O)OC)co1)C(=O)Cc1ccc(OC)cc1. The number of hydrogen-bond acceptors (Lipinski definition) is 6. The summed E-state index contributed by atoms with van der Waals surface area (Å²) >= 11 is 0. The topological polar surface area (TPSA) is 81.9 Å². The van der Waals surface area contributed by atoms with Gasteiger partial charge in [-0.3, -0.25) is 4.79 Å². The van der Waals surface area contributed by atoms with Crippen LogP contribution < -0.4 is 4.74 Å². The molecule has 134 valence electrons. The minimum absolute atomic E-state index is 0.0372. The van der Waals surface area contributed by atoms with Crippen LogP contribution in [0.15, 0.2) is 34.9 Å². The Morgan fingerprint density at radius 1 is 1.20 bits per heavy atom. The monoisotopic (exact) mass is 346 g/mol. The number of nitrogens with zero attached hydrogens (tertiary/aromatic N) is 2. The number of amides is 1. The van der Waals surface area contributed by atoms with Crippen molar-refractivity contribution in [3.63, 3.8) is 0 Å². The van der Waals surface area contributed by atoms with Gasteiger partial charge in [0.15, 0.2) is 5.69 Å². The summed E-state index contributed by atoms with van der Waals surface area (Å²) in [6, 6.07) is 7.37. The molecule has 0 atom stereocenters. The molecule has 0 saturated carbocycles. The molecule has 0 unspecified atom stereocenters. The molecule has 0 radical (unpaired) electrons. The molecule has 0 aliphatic rings. The number of benzene rings is 1. The molecule has 25 heavy (non-hydrogen) atoms. The Labute approximate surface area is 146 Å². The maximum atomic E-state index is 12.6. The van der Waals surface area contributed by atoms with Crippen LogP contribution in [0.5, 0.6) is 5.75 Å². The van der Waals surface area contributed by atoms with Crippen LogP contribution in [0.1, 0.15) is 35.3 Å². The Kier molecular flexibility index (Phi) is 6.56. The van der Waals surface area contributed by atoms with E-state index in [0.717, 1.165) is 17.7 Å². The molecule has 7 nitrogen and oxygen atoms in total. The van der Waals surface area contributed by atoms with Gasteiger partial charge in [0.2, 0.25) is 11.8 Å². The van der Waals surface area contributed by atoms with E-state index in [-0.39, 0.29) is 24.6 Å². The van der Waals surface area contributed by atoms with Gasteiger partial charge in [0.1, 0.15) is 12.0 Å². The van der Waals surface area contributed by atoms with Crippen LogP contribution in [0, 0.1) is 0 Å². The van der Waals surface area contributed by atoms with Crippen LogP contribution >= 0.6 is 0 Å². The maximum absolute atomic E-state index is 12.6. The Balaban J connectivity index is 2.04. The third-order valence-corrected chi connectivity index (χ3v) is 3.63. The highest BCUT2D eigenvalue weighted by atomic mass is 16.5. The first-order chi connectivity index (χ1) is 12.1. The van der Waals surface area contributed by atoms with Crippen LogP contribution in [0.3, 0.4) is 0 Å². The number of ether oxygens (including phenoxy) is 2. The average molecular weight is 346 g/mol. The summed E-state index contributed by atoms with van der Waals surface area (Å²) in [5.74, 6) is 0.445. The number of carbonyl (C=O) groups is 2. The smallest absolute Gasteiger partial charge is 0.360 e. The summed E-state index contributed by atoms with van der Waals surface area (Å²) in [5.41, 5.74) is 0.992. The zero-order valence-electron chi connectivity index (χ0n) is 14.7. The van der Waals surface area contributed by atoms with Gasteiger partial charge in [-0.2, -0.15) is 0 Å². The van der Waals surface area contributed by atoms with Crippen LogP contribution in [0.4, 0.5) is 0 Å². The molecule has 1 amide bonds. The van der Waals surface area contributed by atoms with Gasteiger partial charge in [-0.25, -0.2) is 9.78 Å². The molecule has 1 aromatic carbocycles. The predicted octanol–water partition coefficient (Wildman–Crippen LogP) is 2.45. The molecular formula is C18H22N2O5. The lowest BCUT2D eigenvalue weighted by Crippen LogP contribution is -2.32. The molecule has 0 bridgehead atoms. The van der Waals surface area contributed by atoms with Crippen molar-refractivity contribution in [3.05, 3.63) is 47.7 Å². The highest BCUT2D eigenvalue weighted by Crippen LogP contribution is 2.14. The fourth-order valence-corrected chi connectivity index (χ4v) is 2.34. The molecule has 2 rings (SSSR count). The molecule has 0 saturated heterocycles. The zero-order valence-corrected chi connectivity index (χ0v) is 14.7. The van der Waals surface area contributed by atoms with Gasteiger partial charge >= 0.3 is 5.97 Å². The summed E-state index contributed by atoms with van der Waals surface area (Å²) < 4.78 is 15.0. The minimum Gasteiger partial charge on any atom is -0.497 e. The lowest BCUT2D eigenvalue weighted by molar-refractivity contribution is -0.131. The Morgan fingerprint density at radius 3 is 2.52 bits per heavy atom. The Bertz CT molecular complexity index is 709. The van der Waals surface area contributed by atoms with E-state index in [9.17, 15) is 9.59 Å². The standard InChI is InChI=1S/C18H22N2O5/c1-4-9-20(11-16-19-15(12-25-16)18(22)24-3)17(21)10-13-5-7-14(23-2)8-6-13/h5-8,12H,4,9-11H2,1-3H3. The van der Waals surface area contributed by atoms with E-state index in [0.29, 0.717) is 12.4 Å². The maximum Gasteiger partial charge on any atom is 0.360 e. The summed E-state index contributed by atoms with van der Waals surface area (Å²) in [5, 5.41) is 0. The van der Waals surface area contributed by atoms with E-state index in [2.05, 4.69) is 9.72 Å². The van der Waals surface area contributed by atoms with Crippen LogP contribution in [-0.4, -0.2) is 42.5 Å². The molecule has 0 fully saturated rings. The van der Waals surface area contributed by atoms with Gasteiger partial charge in [0.25, 0.3) is 0 Å². The van der Waals surface area contributed by atoms with Crippen molar-refractivity contribution in [1.82, 2.24) is 9.88 Å². The number of rotatable bonds is 8. The molecule has 1 aromatic heterocycles. The van der Waals surface area contributed by atoms with Crippen molar-refractivity contribution in [1.29, 1.82) is 0 Å². The highest BCUT2D eigenvalue weighted by molar-refractivity contribution is 5.86. The predicted molar refractivity (Wildman–Crippen MR) is 90.2 cm³/mol. The van der Waals surface area contributed by atoms with Crippen molar-refractivity contribution < 1.29 is 23.5 Å². The Hall–Kier alpha value is -2.83. The van der Waals surface area contributed by atoms with Crippen LogP contribution in [0.25, 0.3) is 0 Å². The second-order valence-electron chi connectivity index (χ2n) is 5.46. The number of aromatic nitrogens is 1. The molecular weight excluding hydrogens is 324 g/mol. The minimum atomic E-state index is -0.568. The normalized spacial score (nSPS) is 10.4. The van der Waals surface area contributed by atoms with E-state index < -0.39 is 5.97 Å². The second kappa shape index (κ2) is 8.86. The summed E-state index contributed by atoms with van der Waals surface area (Å²) in [4.78, 5) is 29.7. The van der Waals surface area contributed by atoms with Gasteiger partial charge in [-0.1, -0.05) is 19.1 Å². The van der Waals surface area contributed by atoms with E-state index in [1.807, 2.05) is 31.2 Å². The van der Waals surface area contributed by atoms with Crippen molar-refractivity contribution in [2.45, 2.75) is 26.3 Å². The van der Waals surface area contributed by atoms with Gasteiger partial charge in [0.05, 0.1) is 27.2 Å². The third kappa shape index (κ3) is 5.07. The molecule has 0 N–H and O–H groups in total. The molecule has 0 aliphatic heterocycles. The number of methoxy groups -OCH3 is 2. The lowest BCUT2D eigenvalue weighted by Gasteiger charge is -2.20. The average Bonchev–Trinajstić information content (AvgIpc) is 3.10. The summed E-state index contributed by atoms with van der Waals surface area (Å²) in [6.07, 6.45) is 2.31. The molecule has 0 spiro atoms. The molecule has 0 aliphatic carbocycles. The number of carbonyl (C=O) groups excluding carboxylic acids is 2. The molecule has 7 heteroatoms. The highest BCUT2D eigenvalue weighted by Gasteiger charge is 2.18. The zero-order chi connectivity index (χ0) is 18.2. The van der Waals surface area contributed by atoms with Crippen LogP contribution in [0.2, 0.25) is 0 Å². The third-order valence-electron chi connectivity index (χ3n) is 3.63. The summed E-state index contributed by atoms with van der Waals surface area (Å²) in [7, 11) is 2.88. The number of oxazole rings is 1. The Morgan fingerprint density at radius 2 is 1.92 bits per heavy atom. The molecule has 2 aromatic rings. The molecule has 1 heterocycles. The van der Waals surface area contributed by atoms with E-state index in [1.165, 1.54) is 13.4 Å². The quantitative estimate of drug-likeness (QED) is 0.683. The lowest BCUT2D eigenvalue weighted by atomic mass is 10.1. The van der Waals surface area contributed by atoms with E-state index >= 15 is 0 Å². The van der Waals surface area contributed by atoms with Crippen LogP contribution in [-0.2, 0) is 22.5 Å². The van der Waals surface area contributed by atoms with Gasteiger partial charge in [0, 0.05) is 6.54 Å². The number of hydrogen-bond donors (Lipinski definition) is 0. The first-order valence-electron chi connectivity index (χ1n) is 8.00. The number of esters is 1.